The Morgan fingerprint density at radius 3 is 2.23 bits per heavy atom. The van der Waals surface area contributed by atoms with E-state index in [1.165, 1.54) is 7.11 Å². The molecule has 0 atom stereocenters. The number of esters is 1. The van der Waals surface area contributed by atoms with Crippen LogP contribution >= 0.6 is 0 Å². The van der Waals surface area contributed by atoms with Crippen LogP contribution in [-0.2, 0) is 14.3 Å². The van der Waals surface area contributed by atoms with Crippen molar-refractivity contribution in [2.24, 2.45) is 0 Å². The summed E-state index contributed by atoms with van der Waals surface area (Å²) in [5.41, 5.74) is -0.375. The summed E-state index contributed by atoms with van der Waals surface area (Å²) >= 11 is 0. The van der Waals surface area contributed by atoms with Gasteiger partial charge in [-0.15, -0.1) is 13.2 Å². The quantitative estimate of drug-likeness (QED) is 0.202. The van der Waals surface area contributed by atoms with Crippen molar-refractivity contribution in [2.75, 3.05) is 13.7 Å². The number of alkyl halides is 3. The standard InChI is InChI=1S/C14H13F3O5/c1-3-21-13(19)11(8-20-2)12(18)9-4-6-10(7-5-9)22-14(15,16)17/h4-8H,3H2,1-2H3. The van der Waals surface area contributed by atoms with Gasteiger partial charge in [-0.2, -0.15) is 0 Å². The Balaban J connectivity index is 2.96. The van der Waals surface area contributed by atoms with Crippen LogP contribution in [0.5, 0.6) is 5.75 Å². The zero-order valence-corrected chi connectivity index (χ0v) is 11.8. The van der Waals surface area contributed by atoms with Crippen LogP contribution in [0.25, 0.3) is 0 Å². The van der Waals surface area contributed by atoms with E-state index in [0.717, 1.165) is 30.5 Å². The number of benzene rings is 1. The van der Waals surface area contributed by atoms with Gasteiger partial charge < -0.3 is 14.2 Å². The minimum Gasteiger partial charge on any atom is -0.503 e. The highest BCUT2D eigenvalue weighted by Crippen LogP contribution is 2.23. The van der Waals surface area contributed by atoms with Gasteiger partial charge in [-0.05, 0) is 31.2 Å². The number of carbonyl (C=O) groups is 2. The van der Waals surface area contributed by atoms with Gasteiger partial charge in [0.1, 0.15) is 17.6 Å². The normalized spacial score (nSPS) is 11.8. The number of Topliss-reactive ketones (excluding diaryl/α,β-unsaturated/α-hetero) is 1. The highest BCUT2D eigenvalue weighted by atomic mass is 19.4. The molecule has 22 heavy (non-hydrogen) atoms. The topological polar surface area (TPSA) is 61.8 Å². The highest BCUT2D eigenvalue weighted by molar-refractivity contribution is 6.24. The Bertz CT molecular complexity index is 561. The van der Waals surface area contributed by atoms with E-state index in [1.54, 1.807) is 6.92 Å². The average Bonchev–Trinajstić information content (AvgIpc) is 2.43. The van der Waals surface area contributed by atoms with Crippen LogP contribution in [0.4, 0.5) is 13.2 Å². The van der Waals surface area contributed by atoms with Crippen molar-refractivity contribution in [3.63, 3.8) is 0 Å². The second-order valence-electron chi connectivity index (χ2n) is 3.89. The van der Waals surface area contributed by atoms with Crippen molar-refractivity contribution >= 4 is 11.8 Å². The van der Waals surface area contributed by atoms with Crippen molar-refractivity contribution < 1.29 is 37.0 Å². The van der Waals surface area contributed by atoms with Crippen molar-refractivity contribution in [3.8, 4) is 5.75 Å². The monoisotopic (exact) mass is 318 g/mol. The summed E-state index contributed by atoms with van der Waals surface area (Å²) in [6.45, 7) is 1.63. The van der Waals surface area contributed by atoms with Crippen LogP contribution < -0.4 is 4.74 Å². The van der Waals surface area contributed by atoms with Gasteiger partial charge in [-0.3, -0.25) is 4.79 Å². The maximum absolute atomic E-state index is 12.1. The van der Waals surface area contributed by atoms with Crippen LogP contribution in [0.3, 0.4) is 0 Å². The maximum atomic E-state index is 12.1. The lowest BCUT2D eigenvalue weighted by atomic mass is 10.0. The van der Waals surface area contributed by atoms with Crippen molar-refractivity contribution in [3.05, 3.63) is 41.7 Å². The summed E-state index contributed by atoms with van der Waals surface area (Å²) < 4.78 is 49.2. The molecule has 5 nitrogen and oxygen atoms in total. The molecule has 0 aliphatic rings. The largest absolute Gasteiger partial charge is 0.573 e. The van der Waals surface area contributed by atoms with Crippen LogP contribution in [0.1, 0.15) is 17.3 Å². The van der Waals surface area contributed by atoms with E-state index in [9.17, 15) is 22.8 Å². The van der Waals surface area contributed by atoms with Crippen LogP contribution in [0.15, 0.2) is 36.1 Å². The fourth-order valence-electron chi connectivity index (χ4n) is 1.48. The average molecular weight is 318 g/mol. The zero-order chi connectivity index (χ0) is 16.8. The first kappa shape index (κ1) is 17.5. The molecule has 0 saturated carbocycles. The first-order valence-corrected chi connectivity index (χ1v) is 6.09. The molecular formula is C14H13F3O5. The van der Waals surface area contributed by atoms with Crippen molar-refractivity contribution in [1.29, 1.82) is 0 Å². The van der Waals surface area contributed by atoms with Gasteiger partial charge in [0.25, 0.3) is 0 Å². The van der Waals surface area contributed by atoms with Gasteiger partial charge in [-0.1, -0.05) is 0 Å². The molecular weight excluding hydrogens is 305 g/mol. The molecule has 0 bridgehead atoms. The Morgan fingerprint density at radius 2 is 1.77 bits per heavy atom. The first-order valence-electron chi connectivity index (χ1n) is 6.09. The van der Waals surface area contributed by atoms with Gasteiger partial charge in [0, 0.05) is 5.56 Å². The number of hydrogen-bond donors (Lipinski definition) is 0. The molecule has 120 valence electrons. The maximum Gasteiger partial charge on any atom is 0.573 e. The van der Waals surface area contributed by atoms with E-state index < -0.39 is 23.9 Å². The van der Waals surface area contributed by atoms with Crippen LogP contribution in [0.2, 0.25) is 0 Å². The molecule has 0 amide bonds. The van der Waals surface area contributed by atoms with E-state index in [-0.39, 0.29) is 17.7 Å². The smallest absolute Gasteiger partial charge is 0.503 e. The molecule has 1 rings (SSSR count). The lowest BCUT2D eigenvalue weighted by Gasteiger charge is -2.09. The number of rotatable bonds is 6. The molecule has 0 heterocycles. The lowest BCUT2D eigenvalue weighted by molar-refractivity contribution is -0.274. The predicted molar refractivity (Wildman–Crippen MR) is 69.2 cm³/mol. The summed E-state index contributed by atoms with van der Waals surface area (Å²) in [5, 5.41) is 0. The summed E-state index contributed by atoms with van der Waals surface area (Å²) in [4.78, 5) is 23.8. The van der Waals surface area contributed by atoms with Crippen LogP contribution in [0, 0.1) is 0 Å². The minimum absolute atomic E-state index is 0.00845. The number of carbonyl (C=O) groups excluding carboxylic acids is 2. The van der Waals surface area contributed by atoms with Crippen LogP contribution in [-0.4, -0.2) is 31.8 Å². The minimum atomic E-state index is -4.82. The number of hydrogen-bond acceptors (Lipinski definition) is 5. The van der Waals surface area contributed by atoms with E-state index in [2.05, 4.69) is 9.47 Å². The molecule has 0 radical (unpaired) electrons. The first-order chi connectivity index (χ1) is 10.3. The molecule has 0 unspecified atom stereocenters. The number of ether oxygens (including phenoxy) is 3. The molecule has 1 aromatic rings. The predicted octanol–water partition coefficient (Wildman–Crippen LogP) is 2.86. The Labute approximate surface area is 124 Å². The Hall–Kier alpha value is -2.51. The lowest BCUT2D eigenvalue weighted by Crippen LogP contribution is -2.18. The summed E-state index contributed by atoms with van der Waals surface area (Å²) in [6, 6.07) is 4.14. The third-order valence-corrected chi connectivity index (χ3v) is 2.33. The zero-order valence-electron chi connectivity index (χ0n) is 11.8. The van der Waals surface area contributed by atoms with E-state index in [4.69, 9.17) is 4.74 Å². The third kappa shape index (κ3) is 5.12. The molecule has 0 saturated heterocycles. The molecule has 0 aromatic heterocycles. The summed E-state index contributed by atoms with van der Waals surface area (Å²) in [5.74, 6) is -2.10. The molecule has 0 spiro atoms. The molecule has 0 aliphatic heterocycles. The Morgan fingerprint density at radius 1 is 1.18 bits per heavy atom. The van der Waals surface area contributed by atoms with Gasteiger partial charge in [0.15, 0.2) is 0 Å². The molecule has 1 aromatic carbocycles. The number of halogens is 3. The molecule has 0 fully saturated rings. The van der Waals surface area contributed by atoms with Gasteiger partial charge in [0.05, 0.1) is 13.7 Å². The van der Waals surface area contributed by atoms with Crippen molar-refractivity contribution in [1.82, 2.24) is 0 Å². The van der Waals surface area contributed by atoms with Gasteiger partial charge >= 0.3 is 12.3 Å². The fraction of sp³-hybridized carbons (Fsp3) is 0.286. The van der Waals surface area contributed by atoms with E-state index in [1.807, 2.05) is 0 Å². The SMILES string of the molecule is CCOC(=O)C(=COC)C(=O)c1ccc(OC(F)(F)F)cc1. The van der Waals surface area contributed by atoms with E-state index in [0.29, 0.717) is 0 Å². The Kier molecular flexibility index (Phi) is 5.97. The molecule has 8 heteroatoms. The fourth-order valence-corrected chi connectivity index (χ4v) is 1.48. The number of methoxy groups -OCH3 is 1. The van der Waals surface area contributed by atoms with Gasteiger partial charge in [0.2, 0.25) is 5.78 Å². The summed E-state index contributed by atoms with van der Waals surface area (Å²) in [6.07, 6.45) is -3.90. The highest BCUT2D eigenvalue weighted by Gasteiger charge is 2.31. The van der Waals surface area contributed by atoms with Crippen molar-refractivity contribution in [2.45, 2.75) is 13.3 Å². The van der Waals surface area contributed by atoms with E-state index >= 15 is 0 Å². The second-order valence-corrected chi connectivity index (χ2v) is 3.89. The third-order valence-electron chi connectivity index (χ3n) is 2.33. The molecule has 0 N–H and O–H groups in total. The second kappa shape index (κ2) is 7.48. The summed E-state index contributed by atoms with van der Waals surface area (Å²) in [7, 11) is 1.24. The van der Waals surface area contributed by atoms with Gasteiger partial charge in [-0.25, -0.2) is 4.79 Å². The molecule has 0 aliphatic carbocycles. The number of ketones is 1.